The van der Waals surface area contributed by atoms with Crippen LogP contribution in [0.15, 0.2) is 30.0 Å². The van der Waals surface area contributed by atoms with Crippen LogP contribution < -0.4 is 4.74 Å². The molecule has 0 N–H and O–H groups in total. The number of fused-ring (bicyclic) bond motifs is 5. The maximum absolute atomic E-state index is 12.7. The van der Waals surface area contributed by atoms with Gasteiger partial charge in [0.2, 0.25) is 0 Å². The zero-order valence-electron chi connectivity index (χ0n) is 17.0. The van der Waals surface area contributed by atoms with Gasteiger partial charge in [0, 0.05) is 24.6 Å². The Balaban J connectivity index is 1.65. The van der Waals surface area contributed by atoms with E-state index in [9.17, 15) is 9.59 Å². The number of rotatable bonds is 7. The summed E-state index contributed by atoms with van der Waals surface area (Å²) >= 11 is 0. The number of unbranched alkanes of at least 4 members (excludes halogenated alkanes) is 2. The van der Waals surface area contributed by atoms with Crippen molar-refractivity contribution in [1.29, 1.82) is 0 Å². The summed E-state index contributed by atoms with van der Waals surface area (Å²) in [6, 6.07) is 5.83. The second-order valence-corrected chi connectivity index (χ2v) is 7.46. The van der Waals surface area contributed by atoms with Gasteiger partial charge in [-0.1, -0.05) is 31.9 Å². The molecule has 4 rings (SSSR count). The van der Waals surface area contributed by atoms with E-state index >= 15 is 0 Å². The van der Waals surface area contributed by atoms with Crippen molar-refractivity contribution < 1.29 is 19.1 Å². The van der Waals surface area contributed by atoms with Crippen molar-refractivity contribution in [2.45, 2.75) is 52.1 Å². The number of carbonyl (C=O) groups excluding carboxylic acids is 2. The summed E-state index contributed by atoms with van der Waals surface area (Å²) < 4.78 is 13.0. The lowest BCUT2D eigenvalue weighted by atomic mass is 9.93. The van der Waals surface area contributed by atoms with E-state index in [1.165, 1.54) is 0 Å². The second-order valence-electron chi connectivity index (χ2n) is 7.46. The SMILES string of the molecule is CCCCCOc1cccc2c3n(nc12)CCN1C=C(C(=O)OCC)C(=O)CC31. The molecule has 2 aliphatic rings. The average molecular weight is 397 g/mol. The van der Waals surface area contributed by atoms with E-state index in [2.05, 4.69) is 11.8 Å². The number of nitrogens with zero attached hydrogens (tertiary/aromatic N) is 3. The van der Waals surface area contributed by atoms with Gasteiger partial charge in [-0.05, 0) is 19.4 Å². The number of hydrogen-bond acceptors (Lipinski definition) is 6. The normalized spacial score (nSPS) is 18.3. The fourth-order valence-electron chi connectivity index (χ4n) is 4.11. The molecule has 0 radical (unpaired) electrons. The Labute approximate surface area is 170 Å². The summed E-state index contributed by atoms with van der Waals surface area (Å²) in [4.78, 5) is 26.8. The minimum Gasteiger partial charge on any atom is -0.491 e. The van der Waals surface area contributed by atoms with Gasteiger partial charge in [-0.25, -0.2) is 4.79 Å². The van der Waals surface area contributed by atoms with Crippen molar-refractivity contribution in [3.8, 4) is 5.75 Å². The fourth-order valence-corrected chi connectivity index (χ4v) is 4.11. The predicted octanol–water partition coefficient (Wildman–Crippen LogP) is 3.38. The zero-order valence-corrected chi connectivity index (χ0v) is 17.0. The number of ether oxygens (including phenoxy) is 2. The van der Waals surface area contributed by atoms with Gasteiger partial charge in [0.15, 0.2) is 5.78 Å². The van der Waals surface area contributed by atoms with E-state index in [4.69, 9.17) is 14.6 Å². The Kier molecular flexibility index (Phi) is 5.56. The lowest BCUT2D eigenvalue weighted by molar-refractivity contribution is -0.140. The van der Waals surface area contributed by atoms with Crippen LogP contribution in [0.1, 0.15) is 51.3 Å². The number of benzene rings is 1. The molecule has 2 aliphatic heterocycles. The van der Waals surface area contributed by atoms with Crippen molar-refractivity contribution in [1.82, 2.24) is 14.7 Å². The summed E-state index contributed by atoms with van der Waals surface area (Å²) in [7, 11) is 0. The number of hydrogen-bond donors (Lipinski definition) is 0. The largest absolute Gasteiger partial charge is 0.491 e. The van der Waals surface area contributed by atoms with Crippen molar-refractivity contribution in [2.75, 3.05) is 19.8 Å². The molecule has 154 valence electrons. The van der Waals surface area contributed by atoms with Crippen LogP contribution in [0.5, 0.6) is 5.75 Å². The van der Waals surface area contributed by atoms with E-state index in [1.54, 1.807) is 13.1 Å². The number of carbonyl (C=O) groups is 2. The van der Waals surface area contributed by atoms with Crippen LogP contribution in [0.3, 0.4) is 0 Å². The molecule has 7 nitrogen and oxygen atoms in total. The third kappa shape index (κ3) is 3.61. The molecular formula is C22H27N3O4. The summed E-state index contributed by atoms with van der Waals surface area (Å²) in [6.07, 6.45) is 5.23. The predicted molar refractivity (Wildman–Crippen MR) is 109 cm³/mol. The van der Waals surface area contributed by atoms with Crippen molar-refractivity contribution >= 4 is 22.7 Å². The summed E-state index contributed by atoms with van der Waals surface area (Å²) in [5, 5.41) is 5.80. The van der Waals surface area contributed by atoms with Crippen LogP contribution in [-0.2, 0) is 20.9 Å². The highest BCUT2D eigenvalue weighted by molar-refractivity contribution is 6.18. The molecule has 1 aromatic heterocycles. The van der Waals surface area contributed by atoms with Gasteiger partial charge >= 0.3 is 5.97 Å². The molecule has 0 bridgehead atoms. The van der Waals surface area contributed by atoms with Crippen LogP contribution in [0.2, 0.25) is 0 Å². The van der Waals surface area contributed by atoms with E-state index in [-0.39, 0.29) is 30.4 Å². The Morgan fingerprint density at radius 1 is 1.24 bits per heavy atom. The number of esters is 1. The Hall–Kier alpha value is -2.83. The van der Waals surface area contributed by atoms with Crippen LogP contribution in [0.25, 0.3) is 10.9 Å². The molecule has 0 saturated heterocycles. The van der Waals surface area contributed by atoms with Gasteiger partial charge in [-0.3, -0.25) is 9.48 Å². The van der Waals surface area contributed by atoms with E-state index in [1.807, 2.05) is 22.9 Å². The van der Waals surface area contributed by atoms with Crippen molar-refractivity contribution in [3.63, 3.8) is 0 Å². The van der Waals surface area contributed by atoms with Gasteiger partial charge in [-0.2, -0.15) is 5.10 Å². The summed E-state index contributed by atoms with van der Waals surface area (Å²) in [5.41, 5.74) is 1.99. The van der Waals surface area contributed by atoms with E-state index in [0.717, 1.165) is 41.6 Å². The zero-order chi connectivity index (χ0) is 20.4. The highest BCUT2D eigenvalue weighted by Crippen LogP contribution is 2.39. The first-order chi connectivity index (χ1) is 14.1. The number of ketones is 1. The highest BCUT2D eigenvalue weighted by Gasteiger charge is 2.37. The molecular weight excluding hydrogens is 370 g/mol. The third-order valence-electron chi connectivity index (χ3n) is 5.53. The lowest BCUT2D eigenvalue weighted by Gasteiger charge is -2.38. The molecule has 1 unspecified atom stereocenters. The molecule has 0 aliphatic carbocycles. The smallest absolute Gasteiger partial charge is 0.343 e. The van der Waals surface area contributed by atoms with Gasteiger partial charge in [0.1, 0.15) is 16.8 Å². The Morgan fingerprint density at radius 3 is 2.90 bits per heavy atom. The monoisotopic (exact) mass is 397 g/mol. The van der Waals surface area contributed by atoms with E-state index < -0.39 is 5.97 Å². The highest BCUT2D eigenvalue weighted by atomic mass is 16.5. The number of aromatic nitrogens is 2. The molecule has 0 amide bonds. The minimum absolute atomic E-state index is 0.130. The van der Waals surface area contributed by atoms with Crippen molar-refractivity contribution in [2.24, 2.45) is 0 Å². The molecule has 1 aromatic carbocycles. The molecule has 0 spiro atoms. The third-order valence-corrected chi connectivity index (χ3v) is 5.53. The lowest BCUT2D eigenvalue weighted by Crippen LogP contribution is -2.40. The van der Waals surface area contributed by atoms with Crippen LogP contribution in [0.4, 0.5) is 0 Å². The molecule has 29 heavy (non-hydrogen) atoms. The molecule has 2 aromatic rings. The number of Topliss-reactive ketones (excluding diaryl/α,β-unsaturated/α-hetero) is 1. The standard InChI is InChI=1S/C22H27N3O4/c1-3-5-6-12-29-19-9-7-8-15-20(19)23-25-11-10-24-14-16(22(27)28-4-2)18(26)13-17(24)21(15)25/h7-9,14,17H,3-6,10-13H2,1-2H3. The molecule has 1 atom stereocenters. The van der Waals surface area contributed by atoms with Gasteiger partial charge in [-0.15, -0.1) is 0 Å². The minimum atomic E-state index is -0.539. The first kappa shape index (κ1) is 19.5. The molecule has 7 heteroatoms. The molecule has 3 heterocycles. The van der Waals surface area contributed by atoms with Crippen LogP contribution in [-0.4, -0.2) is 46.2 Å². The quantitative estimate of drug-likeness (QED) is 0.405. The first-order valence-electron chi connectivity index (χ1n) is 10.4. The van der Waals surface area contributed by atoms with Crippen LogP contribution in [0, 0.1) is 0 Å². The molecule has 0 fully saturated rings. The second kappa shape index (κ2) is 8.27. The van der Waals surface area contributed by atoms with Gasteiger partial charge in [0.25, 0.3) is 0 Å². The van der Waals surface area contributed by atoms with Gasteiger partial charge < -0.3 is 14.4 Å². The Morgan fingerprint density at radius 2 is 2.10 bits per heavy atom. The van der Waals surface area contributed by atoms with Crippen molar-refractivity contribution in [3.05, 3.63) is 35.7 Å². The summed E-state index contributed by atoms with van der Waals surface area (Å²) in [5.74, 6) is 0.0686. The van der Waals surface area contributed by atoms with Gasteiger partial charge in [0.05, 0.1) is 31.5 Å². The van der Waals surface area contributed by atoms with E-state index in [0.29, 0.717) is 19.7 Å². The Bertz CT molecular complexity index is 962. The average Bonchev–Trinajstić information content (AvgIpc) is 3.11. The maximum atomic E-state index is 12.7. The summed E-state index contributed by atoms with van der Waals surface area (Å²) in [6.45, 7) is 6.22. The van der Waals surface area contributed by atoms with Crippen LogP contribution >= 0.6 is 0 Å². The maximum Gasteiger partial charge on any atom is 0.343 e. The fraction of sp³-hybridized carbons (Fsp3) is 0.500. The molecule has 0 saturated carbocycles. The topological polar surface area (TPSA) is 73.7 Å². The first-order valence-corrected chi connectivity index (χ1v) is 10.4.